The van der Waals surface area contributed by atoms with Crippen LogP contribution in [0.2, 0.25) is 0 Å². The fraction of sp³-hybridized carbons (Fsp3) is 0.154. The first-order chi connectivity index (χ1) is 25.4. The first-order valence-corrected chi connectivity index (χ1v) is 16.0. The second-order valence-electron chi connectivity index (χ2n) is 11.9. The minimum atomic E-state index is -1.77. The van der Waals surface area contributed by atoms with Gasteiger partial charge in [-0.15, -0.1) is 0 Å². The molecule has 0 spiro atoms. The zero-order valence-corrected chi connectivity index (χ0v) is 27.5. The summed E-state index contributed by atoms with van der Waals surface area (Å²) >= 11 is 0. The standard InChI is InChI=1S/C39H32O14/c40-24-9-1-21(2-10-24)5-15-33(45)49-20-32-36(47)37(48)38(53-34(46)16-6-22-3-11-25(41)12-4-22)39(52-32)50-27-13-7-23(8-14-27)30-19-29(44)35-28(43)17-26(42)18-31(35)51-30/h1-19,32,36-43,47-48H,20H2/t32-,36-,37+,38-,39-/m1/s1. The van der Waals surface area contributed by atoms with Gasteiger partial charge in [-0.3, -0.25) is 4.79 Å². The van der Waals surface area contributed by atoms with Gasteiger partial charge in [0.25, 0.3) is 0 Å². The molecular weight excluding hydrogens is 692 g/mol. The Bertz CT molecular complexity index is 2200. The maximum absolute atomic E-state index is 12.8. The fourth-order valence-electron chi connectivity index (χ4n) is 5.38. The lowest BCUT2D eigenvalue weighted by Crippen LogP contribution is -2.61. The quantitative estimate of drug-likeness (QED) is 0.0886. The van der Waals surface area contributed by atoms with E-state index in [-0.39, 0.29) is 39.7 Å². The second kappa shape index (κ2) is 15.7. The number of esters is 2. The highest BCUT2D eigenvalue weighted by atomic mass is 16.7. The Hall–Kier alpha value is -6.61. The number of carbonyl (C=O) groups excluding carboxylic acids is 2. The van der Waals surface area contributed by atoms with Crippen LogP contribution in [-0.4, -0.2) is 79.9 Å². The Morgan fingerprint density at radius 3 is 1.94 bits per heavy atom. The van der Waals surface area contributed by atoms with Crippen molar-refractivity contribution in [2.75, 3.05) is 6.61 Å². The van der Waals surface area contributed by atoms with Gasteiger partial charge in [-0.25, -0.2) is 9.59 Å². The molecule has 0 unspecified atom stereocenters. The molecule has 6 rings (SSSR count). The lowest BCUT2D eigenvalue weighted by atomic mass is 9.99. The number of carbonyl (C=O) groups is 2. The number of phenols is 4. The summed E-state index contributed by atoms with van der Waals surface area (Å²) in [6, 6.07) is 21.4. The molecule has 2 heterocycles. The molecule has 1 fully saturated rings. The third-order valence-corrected chi connectivity index (χ3v) is 8.08. The van der Waals surface area contributed by atoms with Crippen LogP contribution in [-0.2, 0) is 23.8 Å². The van der Waals surface area contributed by atoms with Crippen LogP contribution in [0.5, 0.6) is 28.7 Å². The van der Waals surface area contributed by atoms with Gasteiger partial charge in [0.05, 0.1) is 0 Å². The molecule has 6 N–H and O–H groups in total. The SMILES string of the molecule is O=C(C=Cc1ccc(O)cc1)OC[C@H]1O[C@@H](Oc2ccc(-c3cc(=O)c4c(O)cc(O)cc4o3)cc2)[C@H](OC(=O)C=Cc2ccc(O)cc2)[C@@H](O)[C@@H]1O. The number of aromatic hydroxyl groups is 4. The van der Waals surface area contributed by atoms with Gasteiger partial charge in [0, 0.05) is 35.9 Å². The minimum absolute atomic E-state index is 0.0326. The summed E-state index contributed by atoms with van der Waals surface area (Å²) in [4.78, 5) is 38.0. The molecule has 5 atom stereocenters. The van der Waals surface area contributed by atoms with Gasteiger partial charge in [-0.1, -0.05) is 24.3 Å². The predicted molar refractivity (Wildman–Crippen MR) is 188 cm³/mol. The van der Waals surface area contributed by atoms with Gasteiger partial charge in [-0.2, -0.15) is 0 Å². The molecule has 1 saturated heterocycles. The molecular formula is C39H32O14. The van der Waals surface area contributed by atoms with Crippen molar-refractivity contribution in [3.05, 3.63) is 124 Å². The molecule has 0 radical (unpaired) electrons. The van der Waals surface area contributed by atoms with Crippen molar-refractivity contribution in [1.82, 2.24) is 0 Å². The molecule has 0 bridgehead atoms. The Labute approximate surface area is 300 Å². The Balaban J connectivity index is 1.20. The monoisotopic (exact) mass is 724 g/mol. The Kier molecular flexibility index (Phi) is 10.7. The van der Waals surface area contributed by atoms with Crippen molar-refractivity contribution >= 4 is 35.1 Å². The van der Waals surface area contributed by atoms with Gasteiger partial charge < -0.3 is 54.0 Å². The second-order valence-corrected chi connectivity index (χ2v) is 11.9. The fourth-order valence-corrected chi connectivity index (χ4v) is 5.38. The van der Waals surface area contributed by atoms with Crippen LogP contribution in [0.15, 0.2) is 112 Å². The number of aliphatic hydroxyl groups excluding tert-OH is 2. The molecule has 53 heavy (non-hydrogen) atoms. The van der Waals surface area contributed by atoms with Crippen LogP contribution >= 0.6 is 0 Å². The van der Waals surface area contributed by atoms with E-state index in [1.165, 1.54) is 72.8 Å². The van der Waals surface area contributed by atoms with Crippen LogP contribution < -0.4 is 10.2 Å². The van der Waals surface area contributed by atoms with Crippen LogP contribution in [0.4, 0.5) is 0 Å². The molecule has 0 amide bonds. The average Bonchev–Trinajstić information content (AvgIpc) is 3.13. The van der Waals surface area contributed by atoms with E-state index in [0.29, 0.717) is 16.7 Å². The number of phenolic OH excluding ortho intramolecular Hbond substituents is 4. The van der Waals surface area contributed by atoms with Crippen molar-refractivity contribution in [3.63, 3.8) is 0 Å². The molecule has 14 heteroatoms. The van der Waals surface area contributed by atoms with E-state index in [1.807, 2.05) is 0 Å². The molecule has 5 aromatic rings. The van der Waals surface area contributed by atoms with Gasteiger partial charge in [0.1, 0.15) is 70.4 Å². The van der Waals surface area contributed by atoms with E-state index in [2.05, 4.69) is 0 Å². The number of hydrogen-bond acceptors (Lipinski definition) is 14. The van der Waals surface area contributed by atoms with Gasteiger partial charge in [0.2, 0.25) is 6.29 Å². The number of hydrogen-bond donors (Lipinski definition) is 6. The molecule has 14 nitrogen and oxygen atoms in total. The lowest BCUT2D eigenvalue weighted by Gasteiger charge is -2.41. The van der Waals surface area contributed by atoms with E-state index in [4.69, 9.17) is 23.4 Å². The Morgan fingerprint density at radius 2 is 1.32 bits per heavy atom. The van der Waals surface area contributed by atoms with Crippen LogP contribution in [0.1, 0.15) is 11.1 Å². The van der Waals surface area contributed by atoms with E-state index >= 15 is 0 Å². The van der Waals surface area contributed by atoms with Crippen LogP contribution in [0, 0.1) is 0 Å². The van der Waals surface area contributed by atoms with Gasteiger partial charge in [0.15, 0.2) is 11.5 Å². The summed E-state index contributed by atoms with van der Waals surface area (Å²) in [7, 11) is 0. The minimum Gasteiger partial charge on any atom is -0.508 e. The highest BCUT2D eigenvalue weighted by Crippen LogP contribution is 2.32. The van der Waals surface area contributed by atoms with Gasteiger partial charge in [-0.05, 0) is 71.8 Å². The zero-order chi connectivity index (χ0) is 37.6. The first kappa shape index (κ1) is 36.2. The number of ether oxygens (including phenoxy) is 4. The van der Waals surface area contributed by atoms with E-state index in [1.54, 1.807) is 24.3 Å². The number of fused-ring (bicyclic) bond motifs is 1. The smallest absolute Gasteiger partial charge is 0.331 e. The van der Waals surface area contributed by atoms with Crippen molar-refractivity contribution in [2.24, 2.45) is 0 Å². The maximum Gasteiger partial charge on any atom is 0.331 e. The van der Waals surface area contributed by atoms with Crippen LogP contribution in [0.25, 0.3) is 34.4 Å². The number of aliphatic hydroxyl groups is 2. The third-order valence-electron chi connectivity index (χ3n) is 8.08. The lowest BCUT2D eigenvalue weighted by molar-refractivity contribution is -0.281. The van der Waals surface area contributed by atoms with Crippen molar-refractivity contribution in [3.8, 4) is 40.1 Å². The topological polar surface area (TPSA) is 223 Å². The molecule has 272 valence electrons. The van der Waals surface area contributed by atoms with Crippen LogP contribution in [0.3, 0.4) is 0 Å². The Morgan fingerprint density at radius 1 is 0.717 bits per heavy atom. The van der Waals surface area contributed by atoms with Gasteiger partial charge >= 0.3 is 11.9 Å². The van der Waals surface area contributed by atoms with Crippen molar-refractivity contribution < 1.29 is 63.6 Å². The highest BCUT2D eigenvalue weighted by molar-refractivity contribution is 5.88. The predicted octanol–water partition coefficient (Wildman–Crippen LogP) is 3.99. The zero-order valence-electron chi connectivity index (χ0n) is 27.5. The van der Waals surface area contributed by atoms with Crippen molar-refractivity contribution in [2.45, 2.75) is 30.7 Å². The molecule has 1 aliphatic heterocycles. The summed E-state index contributed by atoms with van der Waals surface area (Å²) in [6.07, 6.45) is -2.86. The summed E-state index contributed by atoms with van der Waals surface area (Å²) < 4.78 is 28.3. The maximum atomic E-state index is 12.8. The average molecular weight is 725 g/mol. The summed E-state index contributed by atoms with van der Waals surface area (Å²) in [6.45, 7) is -0.525. The first-order valence-electron chi connectivity index (χ1n) is 16.0. The molecule has 1 aromatic heterocycles. The molecule has 0 saturated carbocycles. The summed E-state index contributed by atoms with van der Waals surface area (Å²) in [5.74, 6) is -2.13. The number of benzene rings is 4. The third kappa shape index (κ3) is 8.83. The van der Waals surface area contributed by atoms with E-state index in [0.717, 1.165) is 18.2 Å². The normalized spacial score (nSPS) is 20.1. The largest absolute Gasteiger partial charge is 0.508 e. The van der Waals surface area contributed by atoms with Crippen molar-refractivity contribution in [1.29, 1.82) is 0 Å². The number of rotatable bonds is 10. The molecule has 4 aromatic carbocycles. The van der Waals surface area contributed by atoms with E-state index < -0.39 is 60.4 Å². The molecule has 1 aliphatic rings. The highest BCUT2D eigenvalue weighted by Gasteiger charge is 2.48. The summed E-state index contributed by atoms with van der Waals surface area (Å²) in [5, 5.41) is 60.8. The van der Waals surface area contributed by atoms with E-state index in [9.17, 15) is 45.0 Å². The summed E-state index contributed by atoms with van der Waals surface area (Å²) in [5.41, 5.74) is 0.986. The molecule has 0 aliphatic carbocycles.